The fourth-order valence-corrected chi connectivity index (χ4v) is 4.37. The average Bonchev–Trinajstić information content (AvgIpc) is 3.49. The third-order valence-corrected chi connectivity index (χ3v) is 6.28. The lowest BCUT2D eigenvalue weighted by Gasteiger charge is -2.23. The number of nitrogens with zero attached hydrogens (tertiary/aromatic N) is 3. The number of aromatic nitrogens is 3. The first-order chi connectivity index (χ1) is 17.1. The predicted octanol–water partition coefficient (Wildman–Crippen LogP) is 3.39. The lowest BCUT2D eigenvalue weighted by molar-refractivity contribution is -0.137. The second-order valence-electron chi connectivity index (χ2n) is 8.83. The highest BCUT2D eigenvalue weighted by Gasteiger charge is 2.33. The molecule has 1 amide bonds. The van der Waals surface area contributed by atoms with Gasteiger partial charge in [0.2, 0.25) is 0 Å². The minimum Gasteiger partial charge on any atom is -0.395 e. The number of hydrogen-bond acceptors (Lipinski definition) is 5. The molecule has 1 saturated heterocycles. The largest absolute Gasteiger partial charge is 0.416 e. The summed E-state index contributed by atoms with van der Waals surface area (Å²) in [6.45, 7) is 3.17. The van der Waals surface area contributed by atoms with Crippen molar-refractivity contribution in [3.05, 3.63) is 81.8 Å². The number of amides is 1. The van der Waals surface area contributed by atoms with Gasteiger partial charge in [0.05, 0.1) is 42.4 Å². The number of carbonyl (C=O) groups excluding carboxylic acids is 1. The van der Waals surface area contributed by atoms with E-state index in [2.05, 4.69) is 10.3 Å². The molecular formula is C25H27F3N4O4. The molecule has 0 radical (unpaired) electrons. The van der Waals surface area contributed by atoms with Crippen LogP contribution in [0.5, 0.6) is 0 Å². The van der Waals surface area contributed by atoms with Crippen LogP contribution in [0.2, 0.25) is 0 Å². The minimum absolute atomic E-state index is 0.0621. The Morgan fingerprint density at radius 3 is 2.56 bits per heavy atom. The van der Waals surface area contributed by atoms with E-state index < -0.39 is 29.2 Å². The summed E-state index contributed by atoms with van der Waals surface area (Å²) in [5, 5.41) is 12.3. The molecule has 36 heavy (non-hydrogen) atoms. The van der Waals surface area contributed by atoms with Gasteiger partial charge in [0.15, 0.2) is 0 Å². The number of aliphatic hydroxyl groups excluding tert-OH is 1. The van der Waals surface area contributed by atoms with Gasteiger partial charge in [-0.2, -0.15) is 13.2 Å². The highest BCUT2D eigenvalue weighted by atomic mass is 19.4. The van der Waals surface area contributed by atoms with Gasteiger partial charge in [0.1, 0.15) is 11.4 Å². The van der Waals surface area contributed by atoms with Gasteiger partial charge in [0, 0.05) is 12.7 Å². The average molecular weight is 505 g/mol. The molecule has 0 bridgehead atoms. The molecule has 1 aliphatic rings. The Bertz CT molecular complexity index is 1280. The number of pyridine rings is 1. The monoisotopic (exact) mass is 504 g/mol. The van der Waals surface area contributed by atoms with E-state index in [1.807, 2.05) is 0 Å². The molecule has 3 atom stereocenters. The second kappa shape index (κ2) is 10.3. The maximum Gasteiger partial charge on any atom is 0.416 e. The number of halogens is 3. The molecule has 1 fully saturated rings. The lowest BCUT2D eigenvalue weighted by atomic mass is 10.0. The molecule has 11 heteroatoms. The van der Waals surface area contributed by atoms with Gasteiger partial charge >= 0.3 is 6.18 Å². The third kappa shape index (κ3) is 5.36. The zero-order chi connectivity index (χ0) is 26.0. The van der Waals surface area contributed by atoms with Crippen LogP contribution >= 0.6 is 0 Å². The Morgan fingerprint density at radius 2 is 1.94 bits per heavy atom. The van der Waals surface area contributed by atoms with Crippen LogP contribution in [-0.4, -0.2) is 43.9 Å². The zero-order valence-corrected chi connectivity index (χ0v) is 19.8. The van der Waals surface area contributed by atoms with E-state index in [0.717, 1.165) is 17.8 Å². The van der Waals surface area contributed by atoms with E-state index in [1.165, 1.54) is 35.2 Å². The summed E-state index contributed by atoms with van der Waals surface area (Å²) in [5.74, 6) is -0.497. The number of imidazole rings is 1. The fourth-order valence-electron chi connectivity index (χ4n) is 4.37. The molecule has 192 valence electrons. The molecular weight excluding hydrogens is 477 g/mol. The van der Waals surface area contributed by atoms with Gasteiger partial charge in [-0.05, 0) is 56.5 Å². The maximum atomic E-state index is 13.1. The maximum absolute atomic E-state index is 13.1. The second-order valence-corrected chi connectivity index (χ2v) is 8.83. The van der Waals surface area contributed by atoms with Crippen LogP contribution in [0.25, 0.3) is 5.69 Å². The van der Waals surface area contributed by atoms with Crippen LogP contribution in [0.15, 0.2) is 53.7 Å². The van der Waals surface area contributed by atoms with E-state index in [-0.39, 0.29) is 31.1 Å². The third-order valence-electron chi connectivity index (χ3n) is 6.28. The highest BCUT2D eigenvalue weighted by molar-refractivity contribution is 5.93. The molecule has 0 saturated carbocycles. The van der Waals surface area contributed by atoms with Gasteiger partial charge < -0.3 is 19.7 Å². The Balaban J connectivity index is 1.46. The summed E-state index contributed by atoms with van der Waals surface area (Å²) in [6.07, 6.45) is -0.730. The van der Waals surface area contributed by atoms with Crippen molar-refractivity contribution in [2.75, 3.05) is 6.61 Å². The first-order valence-electron chi connectivity index (χ1n) is 11.6. The normalized spacial score (nSPS) is 18.8. The summed E-state index contributed by atoms with van der Waals surface area (Å²) in [7, 11) is 0. The van der Waals surface area contributed by atoms with E-state index in [0.29, 0.717) is 24.1 Å². The number of nitrogens with one attached hydrogen (secondary N) is 1. The Labute approximate surface area is 205 Å². The first kappa shape index (κ1) is 25.6. The fraction of sp³-hybridized carbons (Fsp3) is 0.400. The minimum atomic E-state index is -4.40. The van der Waals surface area contributed by atoms with Crippen molar-refractivity contribution in [1.82, 2.24) is 19.4 Å². The van der Waals surface area contributed by atoms with Crippen molar-refractivity contribution in [3.8, 4) is 5.69 Å². The Hall–Kier alpha value is -3.44. The van der Waals surface area contributed by atoms with Crippen LogP contribution in [0.4, 0.5) is 13.2 Å². The van der Waals surface area contributed by atoms with Crippen molar-refractivity contribution < 1.29 is 27.8 Å². The quantitative estimate of drug-likeness (QED) is 0.514. The van der Waals surface area contributed by atoms with Gasteiger partial charge in [-0.1, -0.05) is 12.1 Å². The topological polar surface area (TPSA) is 98.4 Å². The SMILES string of the molecule is Cc1cn(-c2ccc(C(=O)NC(C)C3CCC(c4ccc(C(F)(F)F)cc4)O3)n(CCO)c2=O)cn1. The molecule has 3 heterocycles. The molecule has 3 aromatic rings. The molecule has 0 aliphatic carbocycles. The number of benzene rings is 1. The van der Waals surface area contributed by atoms with Crippen LogP contribution in [0, 0.1) is 6.92 Å². The molecule has 8 nitrogen and oxygen atoms in total. The summed E-state index contributed by atoms with van der Waals surface area (Å²) in [4.78, 5) is 30.2. The number of ether oxygens (including phenoxy) is 1. The van der Waals surface area contributed by atoms with Crippen molar-refractivity contribution >= 4 is 5.91 Å². The standard InChI is InChI=1S/C25H27F3N4O4/c1-15-13-31(14-29-15)20-8-7-19(32(11-12-33)24(20)35)23(34)30-16(2)21-9-10-22(36-21)17-3-5-18(6-4-17)25(26,27)28/h3-8,13-14,16,21-22,33H,9-12H2,1-2H3,(H,30,34). The Kier molecular flexibility index (Phi) is 7.32. The first-order valence-corrected chi connectivity index (χ1v) is 11.6. The molecule has 1 aromatic carbocycles. The number of aliphatic hydroxyl groups is 1. The Morgan fingerprint density at radius 1 is 1.22 bits per heavy atom. The van der Waals surface area contributed by atoms with Crippen LogP contribution < -0.4 is 10.9 Å². The number of carbonyl (C=O) groups is 1. The molecule has 3 unspecified atom stereocenters. The van der Waals surface area contributed by atoms with Crippen LogP contribution in [0.1, 0.15) is 53.2 Å². The van der Waals surface area contributed by atoms with E-state index in [4.69, 9.17) is 4.74 Å². The van der Waals surface area contributed by atoms with Gasteiger partial charge in [0.25, 0.3) is 11.5 Å². The predicted molar refractivity (Wildman–Crippen MR) is 125 cm³/mol. The molecule has 1 aliphatic heterocycles. The highest BCUT2D eigenvalue weighted by Crippen LogP contribution is 2.36. The van der Waals surface area contributed by atoms with E-state index >= 15 is 0 Å². The number of rotatable bonds is 7. The zero-order valence-electron chi connectivity index (χ0n) is 19.8. The van der Waals surface area contributed by atoms with Crippen molar-refractivity contribution in [3.63, 3.8) is 0 Å². The summed E-state index contributed by atoms with van der Waals surface area (Å²) >= 11 is 0. The lowest BCUT2D eigenvalue weighted by Crippen LogP contribution is -2.43. The van der Waals surface area contributed by atoms with Gasteiger partial charge in [-0.3, -0.25) is 14.2 Å². The van der Waals surface area contributed by atoms with Gasteiger partial charge in [-0.15, -0.1) is 0 Å². The molecule has 2 N–H and O–H groups in total. The van der Waals surface area contributed by atoms with Gasteiger partial charge in [-0.25, -0.2) is 4.98 Å². The number of alkyl halides is 3. The van der Waals surface area contributed by atoms with Crippen molar-refractivity contribution in [2.24, 2.45) is 0 Å². The molecule has 0 spiro atoms. The van der Waals surface area contributed by atoms with E-state index in [1.54, 1.807) is 24.6 Å². The number of hydrogen-bond donors (Lipinski definition) is 2. The summed E-state index contributed by atoms with van der Waals surface area (Å²) < 4.78 is 47.3. The van der Waals surface area contributed by atoms with Crippen LogP contribution in [0.3, 0.4) is 0 Å². The van der Waals surface area contributed by atoms with Crippen LogP contribution in [-0.2, 0) is 17.5 Å². The van der Waals surface area contributed by atoms with Crippen molar-refractivity contribution in [2.45, 2.75) is 57.7 Å². The van der Waals surface area contributed by atoms with E-state index in [9.17, 15) is 27.9 Å². The summed E-state index contributed by atoms with van der Waals surface area (Å²) in [6, 6.07) is 7.52. The molecule has 4 rings (SSSR count). The smallest absolute Gasteiger partial charge is 0.395 e. The number of aryl methyl sites for hydroxylation is 1. The van der Waals surface area contributed by atoms with Crippen molar-refractivity contribution in [1.29, 1.82) is 0 Å². The summed E-state index contributed by atoms with van der Waals surface area (Å²) in [5.41, 5.74) is 0.604. The molecule has 2 aromatic heterocycles.